The highest BCUT2D eigenvalue weighted by molar-refractivity contribution is 7.99. The summed E-state index contributed by atoms with van der Waals surface area (Å²) < 4.78 is 24.1. The minimum Gasteiger partial charge on any atom is -0.494 e. The molecule has 1 saturated heterocycles. The molecule has 2 heterocycles. The topological polar surface area (TPSA) is 42.7 Å². The molecule has 1 atom stereocenters. The van der Waals surface area contributed by atoms with Gasteiger partial charge in [-0.05, 0) is 36.8 Å². The predicted octanol–water partition coefficient (Wildman–Crippen LogP) is 3.75. The van der Waals surface area contributed by atoms with Crippen LogP contribution in [0.4, 0.5) is 4.39 Å². The van der Waals surface area contributed by atoms with E-state index in [1.165, 1.54) is 19.2 Å². The van der Waals surface area contributed by atoms with Crippen molar-refractivity contribution in [1.29, 1.82) is 0 Å². The van der Waals surface area contributed by atoms with E-state index in [-0.39, 0.29) is 16.9 Å². The molecule has 0 bridgehead atoms. The van der Waals surface area contributed by atoms with E-state index in [2.05, 4.69) is 0 Å². The SMILES string of the molecule is COc1ccc(C(=O)N2CCS[C@@H](c3ccco3)CC2)cc1F. The molecule has 1 aromatic carbocycles. The Balaban J connectivity index is 1.69. The summed E-state index contributed by atoms with van der Waals surface area (Å²) in [5.74, 6) is 1.25. The van der Waals surface area contributed by atoms with Crippen molar-refractivity contribution in [3.05, 3.63) is 53.7 Å². The molecular formula is C17H18FNO3S. The summed E-state index contributed by atoms with van der Waals surface area (Å²) in [5.41, 5.74) is 0.352. The zero-order valence-electron chi connectivity index (χ0n) is 12.8. The summed E-state index contributed by atoms with van der Waals surface area (Å²) in [4.78, 5) is 14.4. The van der Waals surface area contributed by atoms with Gasteiger partial charge in [0, 0.05) is 24.4 Å². The summed E-state index contributed by atoms with van der Waals surface area (Å²) in [5, 5.41) is 0.260. The second-order valence-electron chi connectivity index (χ2n) is 5.31. The Morgan fingerprint density at radius 2 is 2.26 bits per heavy atom. The monoisotopic (exact) mass is 335 g/mol. The molecule has 4 nitrogen and oxygen atoms in total. The van der Waals surface area contributed by atoms with Crippen LogP contribution < -0.4 is 4.74 Å². The average Bonchev–Trinajstić information content (AvgIpc) is 2.99. The minimum absolute atomic E-state index is 0.144. The molecule has 1 aliphatic rings. The zero-order valence-corrected chi connectivity index (χ0v) is 13.6. The maximum Gasteiger partial charge on any atom is 0.253 e. The fourth-order valence-electron chi connectivity index (χ4n) is 2.66. The third-order valence-electron chi connectivity index (χ3n) is 3.89. The number of halogens is 1. The number of hydrogen-bond donors (Lipinski definition) is 0. The predicted molar refractivity (Wildman–Crippen MR) is 87.4 cm³/mol. The minimum atomic E-state index is -0.518. The lowest BCUT2D eigenvalue weighted by atomic mass is 10.1. The Bertz CT molecular complexity index is 674. The number of thioether (sulfide) groups is 1. The van der Waals surface area contributed by atoms with Crippen molar-refractivity contribution in [2.45, 2.75) is 11.7 Å². The van der Waals surface area contributed by atoms with E-state index in [1.807, 2.05) is 12.1 Å². The molecule has 3 rings (SSSR count). The van der Waals surface area contributed by atoms with Crippen LogP contribution in [0.15, 0.2) is 41.0 Å². The van der Waals surface area contributed by atoms with Crippen LogP contribution >= 0.6 is 11.8 Å². The van der Waals surface area contributed by atoms with Crippen LogP contribution in [0.1, 0.15) is 27.8 Å². The van der Waals surface area contributed by atoms with Gasteiger partial charge in [0.15, 0.2) is 11.6 Å². The standard InChI is InChI=1S/C17H18FNO3S/c1-21-14-5-4-12(11-13(14)18)17(20)19-7-6-16(23-10-8-19)15-3-2-9-22-15/h2-5,9,11,16H,6-8,10H2,1H3/t16-/m1/s1. The number of carbonyl (C=O) groups is 1. The fraction of sp³-hybridized carbons (Fsp3) is 0.353. The van der Waals surface area contributed by atoms with Crippen LogP contribution in [0.25, 0.3) is 0 Å². The lowest BCUT2D eigenvalue weighted by Gasteiger charge is -2.20. The molecule has 0 spiro atoms. The third kappa shape index (κ3) is 3.52. The normalized spacial score (nSPS) is 18.5. The van der Waals surface area contributed by atoms with E-state index in [1.54, 1.807) is 29.0 Å². The largest absolute Gasteiger partial charge is 0.494 e. The van der Waals surface area contributed by atoms with E-state index < -0.39 is 5.82 Å². The smallest absolute Gasteiger partial charge is 0.253 e. The van der Waals surface area contributed by atoms with E-state index in [9.17, 15) is 9.18 Å². The lowest BCUT2D eigenvalue weighted by Crippen LogP contribution is -2.33. The Morgan fingerprint density at radius 1 is 1.39 bits per heavy atom. The van der Waals surface area contributed by atoms with Crippen LogP contribution in [0.2, 0.25) is 0 Å². The van der Waals surface area contributed by atoms with Crippen molar-refractivity contribution in [3.63, 3.8) is 0 Å². The number of nitrogens with zero attached hydrogens (tertiary/aromatic N) is 1. The zero-order chi connectivity index (χ0) is 16.2. The average molecular weight is 335 g/mol. The van der Waals surface area contributed by atoms with Crippen molar-refractivity contribution in [3.8, 4) is 5.75 Å². The third-order valence-corrected chi connectivity index (χ3v) is 5.18. The number of furan rings is 1. The van der Waals surface area contributed by atoms with Gasteiger partial charge in [0.05, 0.1) is 18.6 Å². The van der Waals surface area contributed by atoms with Gasteiger partial charge in [0.25, 0.3) is 5.91 Å². The summed E-state index contributed by atoms with van der Waals surface area (Å²) in [6, 6.07) is 8.17. The first-order valence-corrected chi connectivity index (χ1v) is 8.51. The molecule has 1 aromatic heterocycles. The second-order valence-corrected chi connectivity index (χ2v) is 6.62. The summed E-state index contributed by atoms with van der Waals surface area (Å²) in [7, 11) is 1.40. The molecule has 1 fully saturated rings. The van der Waals surface area contributed by atoms with Crippen LogP contribution in [0.3, 0.4) is 0 Å². The van der Waals surface area contributed by atoms with Gasteiger partial charge in [-0.3, -0.25) is 4.79 Å². The van der Waals surface area contributed by atoms with Gasteiger partial charge in [0.2, 0.25) is 0 Å². The van der Waals surface area contributed by atoms with E-state index >= 15 is 0 Å². The summed E-state index contributed by atoms with van der Waals surface area (Å²) >= 11 is 1.79. The van der Waals surface area contributed by atoms with Crippen molar-refractivity contribution >= 4 is 17.7 Å². The Labute approximate surface area is 138 Å². The highest BCUT2D eigenvalue weighted by Crippen LogP contribution is 2.34. The molecule has 23 heavy (non-hydrogen) atoms. The van der Waals surface area contributed by atoms with E-state index in [4.69, 9.17) is 9.15 Å². The van der Waals surface area contributed by atoms with Gasteiger partial charge < -0.3 is 14.1 Å². The summed E-state index contributed by atoms with van der Waals surface area (Å²) in [6.07, 6.45) is 2.49. The van der Waals surface area contributed by atoms with Crippen molar-refractivity contribution in [1.82, 2.24) is 4.90 Å². The lowest BCUT2D eigenvalue weighted by molar-refractivity contribution is 0.0765. The summed E-state index contributed by atoms with van der Waals surface area (Å²) in [6.45, 7) is 1.28. The van der Waals surface area contributed by atoms with Crippen LogP contribution in [-0.4, -0.2) is 36.8 Å². The Hall–Kier alpha value is -1.95. The number of rotatable bonds is 3. The van der Waals surface area contributed by atoms with Crippen molar-refractivity contribution in [2.75, 3.05) is 26.0 Å². The highest BCUT2D eigenvalue weighted by Gasteiger charge is 2.24. The van der Waals surface area contributed by atoms with Crippen LogP contribution in [0, 0.1) is 5.82 Å². The molecule has 6 heteroatoms. The quantitative estimate of drug-likeness (QED) is 0.857. The molecule has 0 radical (unpaired) electrons. The molecule has 0 unspecified atom stereocenters. The number of hydrogen-bond acceptors (Lipinski definition) is 4. The number of carbonyl (C=O) groups excluding carboxylic acids is 1. The van der Waals surface area contributed by atoms with Crippen molar-refractivity contribution < 1.29 is 18.3 Å². The first-order chi connectivity index (χ1) is 11.2. The van der Waals surface area contributed by atoms with Gasteiger partial charge in [-0.15, -0.1) is 11.8 Å². The number of amides is 1. The molecule has 122 valence electrons. The molecular weight excluding hydrogens is 317 g/mol. The van der Waals surface area contributed by atoms with Gasteiger partial charge >= 0.3 is 0 Å². The van der Waals surface area contributed by atoms with E-state index in [0.29, 0.717) is 18.7 Å². The molecule has 0 N–H and O–H groups in total. The number of ether oxygens (including phenoxy) is 1. The fourth-order valence-corrected chi connectivity index (χ4v) is 3.84. The highest BCUT2D eigenvalue weighted by atomic mass is 32.2. The van der Waals surface area contributed by atoms with Crippen LogP contribution in [0.5, 0.6) is 5.75 Å². The molecule has 1 amide bonds. The van der Waals surface area contributed by atoms with Gasteiger partial charge in [-0.25, -0.2) is 4.39 Å². The molecule has 1 aliphatic heterocycles. The van der Waals surface area contributed by atoms with Gasteiger partial charge in [0.1, 0.15) is 5.76 Å². The van der Waals surface area contributed by atoms with Gasteiger partial charge in [-0.1, -0.05) is 0 Å². The molecule has 0 aliphatic carbocycles. The number of benzene rings is 1. The maximum absolute atomic E-state index is 13.8. The Morgan fingerprint density at radius 3 is 2.96 bits per heavy atom. The van der Waals surface area contributed by atoms with Crippen molar-refractivity contribution in [2.24, 2.45) is 0 Å². The maximum atomic E-state index is 13.8. The first-order valence-electron chi connectivity index (χ1n) is 7.47. The van der Waals surface area contributed by atoms with Gasteiger partial charge in [-0.2, -0.15) is 0 Å². The van der Waals surface area contributed by atoms with E-state index in [0.717, 1.165) is 17.9 Å². The Kier molecular flexibility index (Phi) is 4.91. The first kappa shape index (κ1) is 15.9. The molecule has 0 saturated carbocycles. The van der Waals surface area contributed by atoms with Crippen LogP contribution in [-0.2, 0) is 0 Å². The molecule has 2 aromatic rings. The second kappa shape index (κ2) is 7.08. The number of methoxy groups -OCH3 is 1.